The molecule has 0 spiro atoms. The fraction of sp³-hybridized carbons (Fsp3) is 0.900. The molecule has 3 atom stereocenters. The predicted octanol–water partition coefficient (Wildman–Crippen LogP) is 1.70. The van der Waals surface area contributed by atoms with Gasteiger partial charge in [0, 0.05) is 19.1 Å². The number of rotatable bonds is 4. The summed E-state index contributed by atoms with van der Waals surface area (Å²) in [7, 11) is 0. The zero-order chi connectivity index (χ0) is 10.6. The number of hydrogen-bond acceptors (Lipinski definition) is 2. The molecule has 0 aromatic rings. The van der Waals surface area contributed by atoms with Crippen LogP contribution in [0.4, 0.5) is 0 Å². The van der Waals surface area contributed by atoms with Gasteiger partial charge in [-0.05, 0) is 19.8 Å². The molecular weight excluding hydrogens is 246 g/mol. The van der Waals surface area contributed by atoms with Crippen LogP contribution < -0.4 is 5.32 Å². The highest BCUT2D eigenvalue weighted by Gasteiger charge is 2.27. The Labute approximate surface area is 93.7 Å². The third-order valence-electron chi connectivity index (χ3n) is 2.65. The maximum Gasteiger partial charge on any atom is 0.233 e. The largest absolute Gasteiger partial charge is 0.378 e. The molecule has 1 rings (SSSR count). The number of carbonyl (C=O) groups is 1. The normalized spacial score (nSPS) is 28.8. The van der Waals surface area contributed by atoms with Gasteiger partial charge in [-0.3, -0.25) is 4.79 Å². The number of hydrogen-bond donors (Lipinski definition) is 1. The lowest BCUT2D eigenvalue weighted by Gasteiger charge is -2.17. The fourth-order valence-electron chi connectivity index (χ4n) is 1.75. The molecule has 4 heteroatoms. The Morgan fingerprint density at radius 3 is 3.00 bits per heavy atom. The Hall–Kier alpha value is -0.0900. The number of carbonyl (C=O) groups excluding carboxylic acids is 1. The van der Waals surface area contributed by atoms with E-state index < -0.39 is 0 Å². The van der Waals surface area contributed by atoms with Gasteiger partial charge in [0.15, 0.2) is 0 Å². The van der Waals surface area contributed by atoms with Crippen LogP contribution in [0.15, 0.2) is 0 Å². The second kappa shape index (κ2) is 5.71. The van der Waals surface area contributed by atoms with Crippen LogP contribution in [0.5, 0.6) is 0 Å². The van der Waals surface area contributed by atoms with Gasteiger partial charge in [-0.15, -0.1) is 0 Å². The molecule has 0 bridgehead atoms. The van der Waals surface area contributed by atoms with E-state index in [1.54, 1.807) is 0 Å². The van der Waals surface area contributed by atoms with E-state index in [9.17, 15) is 4.79 Å². The zero-order valence-electron chi connectivity index (χ0n) is 8.75. The minimum absolute atomic E-state index is 0.0618. The van der Waals surface area contributed by atoms with E-state index in [0.717, 1.165) is 26.0 Å². The van der Waals surface area contributed by atoms with Gasteiger partial charge in [0.05, 0.1) is 10.9 Å². The summed E-state index contributed by atoms with van der Waals surface area (Å²) in [5, 5.41) is 2.92. The van der Waals surface area contributed by atoms with E-state index in [-0.39, 0.29) is 10.7 Å². The minimum Gasteiger partial charge on any atom is -0.378 e. The Kier molecular flexibility index (Phi) is 4.89. The van der Waals surface area contributed by atoms with Crippen LogP contribution in [-0.4, -0.2) is 30.0 Å². The lowest BCUT2D eigenvalue weighted by atomic mass is 10.00. The Balaban J connectivity index is 2.27. The van der Waals surface area contributed by atoms with Crippen LogP contribution in [0.2, 0.25) is 0 Å². The highest BCUT2D eigenvalue weighted by molar-refractivity contribution is 9.10. The molecule has 1 N–H and O–H groups in total. The smallest absolute Gasteiger partial charge is 0.233 e. The zero-order valence-corrected chi connectivity index (χ0v) is 10.3. The van der Waals surface area contributed by atoms with Gasteiger partial charge in [-0.2, -0.15) is 0 Å². The summed E-state index contributed by atoms with van der Waals surface area (Å²) >= 11 is 3.24. The van der Waals surface area contributed by atoms with Crippen molar-refractivity contribution >= 4 is 21.8 Å². The molecule has 0 aliphatic carbocycles. The number of nitrogens with one attached hydrogen (secondary N) is 1. The third kappa shape index (κ3) is 3.24. The molecule has 0 aromatic carbocycles. The number of halogens is 1. The van der Waals surface area contributed by atoms with E-state index in [0.29, 0.717) is 12.0 Å². The van der Waals surface area contributed by atoms with Crippen LogP contribution in [0.3, 0.4) is 0 Å². The quantitative estimate of drug-likeness (QED) is 0.785. The average molecular weight is 264 g/mol. The molecule has 3 nitrogen and oxygen atoms in total. The van der Waals surface area contributed by atoms with Crippen molar-refractivity contribution in [3.8, 4) is 0 Å². The van der Waals surface area contributed by atoms with Crippen LogP contribution in [-0.2, 0) is 9.53 Å². The van der Waals surface area contributed by atoms with Crippen molar-refractivity contribution < 1.29 is 9.53 Å². The van der Waals surface area contributed by atoms with Crippen molar-refractivity contribution in [2.24, 2.45) is 5.92 Å². The van der Waals surface area contributed by atoms with Gasteiger partial charge in [-0.1, -0.05) is 22.9 Å². The van der Waals surface area contributed by atoms with Gasteiger partial charge in [-0.25, -0.2) is 0 Å². The first-order chi connectivity index (χ1) is 6.65. The molecule has 1 aliphatic rings. The summed E-state index contributed by atoms with van der Waals surface area (Å²) in [5.74, 6) is 0.557. The van der Waals surface area contributed by atoms with Crippen LogP contribution in [0.1, 0.15) is 26.7 Å². The Morgan fingerprint density at radius 1 is 1.71 bits per heavy atom. The molecule has 0 aromatic heterocycles. The van der Waals surface area contributed by atoms with E-state index in [2.05, 4.69) is 28.2 Å². The number of amides is 1. The predicted molar refractivity (Wildman–Crippen MR) is 59.5 cm³/mol. The molecule has 1 heterocycles. The van der Waals surface area contributed by atoms with Crippen molar-refractivity contribution in [3.63, 3.8) is 0 Å². The highest BCUT2D eigenvalue weighted by atomic mass is 79.9. The molecule has 0 radical (unpaired) electrons. The van der Waals surface area contributed by atoms with Crippen molar-refractivity contribution in [1.82, 2.24) is 5.32 Å². The van der Waals surface area contributed by atoms with Gasteiger partial charge >= 0.3 is 0 Å². The summed E-state index contributed by atoms with van der Waals surface area (Å²) < 4.78 is 5.54. The van der Waals surface area contributed by atoms with E-state index in [1.807, 2.05) is 6.92 Å². The van der Waals surface area contributed by atoms with Crippen LogP contribution >= 0.6 is 15.9 Å². The Morgan fingerprint density at radius 2 is 2.43 bits per heavy atom. The van der Waals surface area contributed by atoms with E-state index in [4.69, 9.17) is 4.74 Å². The molecule has 82 valence electrons. The van der Waals surface area contributed by atoms with Crippen molar-refractivity contribution in [2.45, 2.75) is 37.6 Å². The summed E-state index contributed by atoms with van der Waals surface area (Å²) in [5.41, 5.74) is 0. The van der Waals surface area contributed by atoms with Gasteiger partial charge in [0.2, 0.25) is 5.91 Å². The molecule has 1 saturated heterocycles. The summed E-state index contributed by atoms with van der Waals surface area (Å²) in [6.45, 7) is 5.53. The van der Waals surface area contributed by atoms with Crippen molar-refractivity contribution in [1.29, 1.82) is 0 Å². The molecule has 1 amide bonds. The monoisotopic (exact) mass is 263 g/mol. The van der Waals surface area contributed by atoms with Crippen molar-refractivity contribution in [2.75, 3.05) is 13.2 Å². The van der Waals surface area contributed by atoms with Gasteiger partial charge in [0.25, 0.3) is 0 Å². The van der Waals surface area contributed by atoms with Gasteiger partial charge in [0.1, 0.15) is 0 Å². The highest BCUT2D eigenvalue weighted by Crippen LogP contribution is 2.22. The Bertz CT molecular complexity index is 197. The number of alkyl halides is 1. The molecule has 14 heavy (non-hydrogen) atoms. The first-order valence-electron chi connectivity index (χ1n) is 5.18. The standard InChI is InChI=1S/C10H18BrNO2/c1-3-9-8(4-5-14-9)6-12-10(13)7(2)11/h7-9H,3-6H2,1-2H3,(H,12,13). The third-order valence-corrected chi connectivity index (χ3v) is 3.06. The lowest BCUT2D eigenvalue weighted by molar-refractivity contribution is -0.120. The summed E-state index contributed by atoms with van der Waals surface area (Å²) in [6.07, 6.45) is 2.43. The summed E-state index contributed by atoms with van der Waals surface area (Å²) in [6, 6.07) is 0. The minimum atomic E-state index is -0.107. The van der Waals surface area contributed by atoms with Gasteiger partial charge < -0.3 is 10.1 Å². The molecule has 0 saturated carbocycles. The second-order valence-corrected chi connectivity index (χ2v) is 5.10. The molecular formula is C10H18BrNO2. The van der Waals surface area contributed by atoms with Crippen LogP contribution in [0.25, 0.3) is 0 Å². The maximum atomic E-state index is 11.3. The second-order valence-electron chi connectivity index (χ2n) is 3.73. The number of ether oxygens (including phenoxy) is 1. The molecule has 3 unspecified atom stereocenters. The van der Waals surface area contributed by atoms with Crippen LogP contribution in [0, 0.1) is 5.92 Å². The molecule has 1 aliphatic heterocycles. The van der Waals surface area contributed by atoms with E-state index >= 15 is 0 Å². The van der Waals surface area contributed by atoms with Crippen molar-refractivity contribution in [3.05, 3.63) is 0 Å². The van der Waals surface area contributed by atoms with E-state index in [1.165, 1.54) is 0 Å². The topological polar surface area (TPSA) is 38.3 Å². The SMILES string of the molecule is CCC1OCCC1CNC(=O)C(C)Br. The fourth-order valence-corrected chi connectivity index (χ4v) is 1.91. The first-order valence-corrected chi connectivity index (χ1v) is 6.10. The lowest BCUT2D eigenvalue weighted by Crippen LogP contribution is -2.35. The first kappa shape index (κ1) is 12.0. The molecule has 1 fully saturated rings. The average Bonchev–Trinajstić information content (AvgIpc) is 2.60. The maximum absolute atomic E-state index is 11.3. The summed E-state index contributed by atoms with van der Waals surface area (Å²) in [4.78, 5) is 11.2.